The topological polar surface area (TPSA) is 53.2 Å². The molecule has 0 radical (unpaired) electrons. The molecule has 2 rings (SSSR count). The third kappa shape index (κ3) is 2.66. The fraction of sp³-hybridized carbons (Fsp3) is 0.455. The standard InChI is InChI=1S/C11H14N2O2S/c1-8(14)16-10-5-11(15)13(7-10)6-9-3-2-4-12-9/h2-4,10,12H,5-7H2,1H3. The summed E-state index contributed by atoms with van der Waals surface area (Å²) in [6.45, 7) is 2.83. The summed E-state index contributed by atoms with van der Waals surface area (Å²) in [7, 11) is 0. The van der Waals surface area contributed by atoms with Gasteiger partial charge in [0.2, 0.25) is 5.91 Å². The van der Waals surface area contributed by atoms with Crippen molar-refractivity contribution < 1.29 is 9.59 Å². The maximum Gasteiger partial charge on any atom is 0.224 e. The third-order valence-corrected chi connectivity index (χ3v) is 3.52. The van der Waals surface area contributed by atoms with Gasteiger partial charge in [-0.1, -0.05) is 11.8 Å². The summed E-state index contributed by atoms with van der Waals surface area (Å²) in [5.41, 5.74) is 1.03. The molecule has 1 saturated heterocycles. The minimum atomic E-state index is 0.0829. The van der Waals surface area contributed by atoms with Gasteiger partial charge in [-0.15, -0.1) is 0 Å². The number of H-pyrrole nitrogens is 1. The van der Waals surface area contributed by atoms with Gasteiger partial charge in [0, 0.05) is 37.0 Å². The van der Waals surface area contributed by atoms with E-state index in [2.05, 4.69) is 4.98 Å². The zero-order valence-electron chi connectivity index (χ0n) is 9.10. The predicted octanol–water partition coefficient (Wildman–Crippen LogP) is 1.40. The van der Waals surface area contributed by atoms with Crippen LogP contribution in [0.15, 0.2) is 18.3 Å². The molecule has 1 fully saturated rings. The monoisotopic (exact) mass is 238 g/mol. The molecule has 0 spiro atoms. The number of thioether (sulfide) groups is 1. The van der Waals surface area contributed by atoms with Gasteiger partial charge in [0.05, 0.1) is 6.54 Å². The summed E-state index contributed by atoms with van der Waals surface area (Å²) in [6, 6.07) is 3.87. The average molecular weight is 238 g/mol. The first-order valence-electron chi connectivity index (χ1n) is 5.22. The van der Waals surface area contributed by atoms with Crippen molar-refractivity contribution in [2.75, 3.05) is 6.54 Å². The van der Waals surface area contributed by atoms with Crippen LogP contribution in [-0.2, 0) is 16.1 Å². The van der Waals surface area contributed by atoms with E-state index in [0.29, 0.717) is 19.5 Å². The molecule has 16 heavy (non-hydrogen) atoms. The van der Waals surface area contributed by atoms with E-state index in [1.54, 1.807) is 11.8 Å². The molecule has 1 atom stereocenters. The lowest BCUT2D eigenvalue weighted by Crippen LogP contribution is -2.25. The summed E-state index contributed by atoms with van der Waals surface area (Å²) in [6.07, 6.45) is 2.32. The fourth-order valence-corrected chi connectivity index (χ4v) is 2.82. The van der Waals surface area contributed by atoms with Gasteiger partial charge in [-0.25, -0.2) is 0 Å². The molecule has 2 heterocycles. The number of aromatic amines is 1. The number of rotatable bonds is 3. The largest absolute Gasteiger partial charge is 0.364 e. The average Bonchev–Trinajstić information content (AvgIpc) is 2.77. The summed E-state index contributed by atoms with van der Waals surface area (Å²) < 4.78 is 0. The Morgan fingerprint density at radius 1 is 1.69 bits per heavy atom. The van der Waals surface area contributed by atoms with Crippen molar-refractivity contribution in [3.63, 3.8) is 0 Å². The number of carbonyl (C=O) groups is 2. The summed E-state index contributed by atoms with van der Waals surface area (Å²) in [4.78, 5) is 27.5. The lowest BCUT2D eigenvalue weighted by molar-refractivity contribution is -0.128. The van der Waals surface area contributed by atoms with E-state index in [1.165, 1.54) is 11.8 Å². The van der Waals surface area contributed by atoms with Crippen molar-refractivity contribution in [1.29, 1.82) is 0 Å². The SMILES string of the molecule is CC(=O)SC1CC(=O)N(Cc2ccc[nH]2)C1. The number of likely N-dealkylation sites (tertiary alicyclic amines) is 1. The van der Waals surface area contributed by atoms with E-state index in [4.69, 9.17) is 0 Å². The zero-order valence-corrected chi connectivity index (χ0v) is 9.92. The number of carbonyl (C=O) groups excluding carboxylic acids is 2. The zero-order chi connectivity index (χ0) is 11.5. The van der Waals surface area contributed by atoms with Gasteiger partial charge >= 0.3 is 0 Å². The quantitative estimate of drug-likeness (QED) is 0.866. The molecule has 1 aliphatic rings. The maximum atomic E-state index is 11.7. The predicted molar refractivity (Wildman–Crippen MR) is 62.9 cm³/mol. The first kappa shape index (κ1) is 11.3. The number of hydrogen-bond acceptors (Lipinski definition) is 3. The lowest BCUT2D eigenvalue weighted by Gasteiger charge is -2.15. The fourth-order valence-electron chi connectivity index (χ4n) is 1.87. The van der Waals surface area contributed by atoms with Gasteiger partial charge in [-0.3, -0.25) is 9.59 Å². The molecule has 5 heteroatoms. The molecule has 0 aromatic carbocycles. The molecule has 1 unspecified atom stereocenters. The Labute approximate surface area is 98.4 Å². The first-order chi connectivity index (χ1) is 7.65. The molecule has 4 nitrogen and oxygen atoms in total. The van der Waals surface area contributed by atoms with Crippen LogP contribution < -0.4 is 0 Å². The molecule has 1 aromatic heterocycles. The molecule has 0 saturated carbocycles. The van der Waals surface area contributed by atoms with Crippen molar-refractivity contribution in [1.82, 2.24) is 9.88 Å². The van der Waals surface area contributed by atoms with Crippen molar-refractivity contribution in [3.05, 3.63) is 24.0 Å². The first-order valence-corrected chi connectivity index (χ1v) is 6.10. The minimum Gasteiger partial charge on any atom is -0.364 e. The highest BCUT2D eigenvalue weighted by molar-refractivity contribution is 8.14. The number of hydrogen-bond donors (Lipinski definition) is 1. The van der Waals surface area contributed by atoms with E-state index in [1.807, 2.05) is 18.3 Å². The Hall–Kier alpha value is -1.23. The number of amides is 1. The van der Waals surface area contributed by atoms with Crippen LogP contribution in [0.1, 0.15) is 19.0 Å². The van der Waals surface area contributed by atoms with Crippen LogP contribution in [0.3, 0.4) is 0 Å². The molecular formula is C11H14N2O2S. The van der Waals surface area contributed by atoms with Crippen molar-refractivity contribution >= 4 is 22.8 Å². The number of nitrogens with one attached hydrogen (secondary N) is 1. The Bertz CT molecular complexity index is 389. The number of aromatic nitrogens is 1. The highest BCUT2D eigenvalue weighted by atomic mass is 32.2. The van der Waals surface area contributed by atoms with Crippen molar-refractivity contribution in [2.45, 2.75) is 25.1 Å². The third-order valence-electron chi connectivity index (χ3n) is 2.54. The van der Waals surface area contributed by atoms with Gasteiger partial charge < -0.3 is 9.88 Å². The van der Waals surface area contributed by atoms with Crippen LogP contribution in [0.25, 0.3) is 0 Å². The number of nitrogens with zero attached hydrogens (tertiary/aromatic N) is 1. The van der Waals surface area contributed by atoms with E-state index in [9.17, 15) is 9.59 Å². The Morgan fingerprint density at radius 3 is 3.12 bits per heavy atom. The van der Waals surface area contributed by atoms with E-state index < -0.39 is 0 Å². The smallest absolute Gasteiger partial charge is 0.224 e. The molecule has 1 amide bonds. The second-order valence-electron chi connectivity index (χ2n) is 3.91. The van der Waals surface area contributed by atoms with Crippen LogP contribution in [0.2, 0.25) is 0 Å². The van der Waals surface area contributed by atoms with Crippen molar-refractivity contribution in [3.8, 4) is 0 Å². The normalized spacial score (nSPS) is 20.4. The van der Waals surface area contributed by atoms with Crippen molar-refractivity contribution in [2.24, 2.45) is 0 Å². The van der Waals surface area contributed by atoms with Gasteiger partial charge in [0.15, 0.2) is 5.12 Å². The Morgan fingerprint density at radius 2 is 2.50 bits per heavy atom. The molecule has 0 bridgehead atoms. The van der Waals surface area contributed by atoms with Crippen LogP contribution in [0, 0.1) is 0 Å². The van der Waals surface area contributed by atoms with E-state index >= 15 is 0 Å². The Balaban J connectivity index is 1.92. The highest BCUT2D eigenvalue weighted by Gasteiger charge is 2.30. The maximum absolute atomic E-state index is 11.7. The van der Waals surface area contributed by atoms with E-state index in [0.717, 1.165) is 5.69 Å². The highest BCUT2D eigenvalue weighted by Crippen LogP contribution is 2.25. The summed E-state index contributed by atoms with van der Waals surface area (Å²) in [5.74, 6) is 0.133. The van der Waals surface area contributed by atoms with E-state index in [-0.39, 0.29) is 16.3 Å². The van der Waals surface area contributed by atoms with Crippen LogP contribution in [0.4, 0.5) is 0 Å². The second-order valence-corrected chi connectivity index (χ2v) is 5.38. The van der Waals surface area contributed by atoms with Gasteiger partial charge in [0.25, 0.3) is 0 Å². The second kappa shape index (κ2) is 4.74. The molecule has 1 aliphatic heterocycles. The molecule has 0 aliphatic carbocycles. The van der Waals surface area contributed by atoms with Crippen LogP contribution in [-0.4, -0.2) is 32.7 Å². The van der Waals surface area contributed by atoms with Gasteiger partial charge in [0.1, 0.15) is 0 Å². The molecule has 1 N–H and O–H groups in total. The van der Waals surface area contributed by atoms with Gasteiger partial charge in [-0.05, 0) is 12.1 Å². The summed E-state index contributed by atoms with van der Waals surface area (Å²) in [5, 5.41) is 0.208. The molecular weight excluding hydrogens is 224 g/mol. The van der Waals surface area contributed by atoms with Gasteiger partial charge in [-0.2, -0.15) is 0 Å². The summed E-state index contributed by atoms with van der Waals surface area (Å²) >= 11 is 1.27. The molecule has 1 aromatic rings. The van der Waals surface area contributed by atoms with Crippen LogP contribution >= 0.6 is 11.8 Å². The molecule has 86 valence electrons. The minimum absolute atomic E-state index is 0.0829. The Kier molecular flexibility index (Phi) is 3.33. The lowest BCUT2D eigenvalue weighted by atomic mass is 10.4. The van der Waals surface area contributed by atoms with Crippen LogP contribution in [0.5, 0.6) is 0 Å².